The lowest BCUT2D eigenvalue weighted by molar-refractivity contribution is -0.125. The topological polar surface area (TPSA) is 93.5 Å². The van der Waals surface area contributed by atoms with Crippen LogP contribution in [0, 0.1) is 5.41 Å². The van der Waals surface area contributed by atoms with Crippen LogP contribution in [0.1, 0.15) is 20.8 Å². The first kappa shape index (κ1) is 15.9. The molecule has 0 rings (SSSR count). The van der Waals surface area contributed by atoms with Gasteiger partial charge in [0.05, 0.1) is 19.2 Å². The summed E-state index contributed by atoms with van der Waals surface area (Å²) in [6.07, 6.45) is -0.0725. The molecule has 2 amide bonds. The SMILES string of the molecule is COC(CNC(=O)CNC(=O)CN)C(C)(C)C. The van der Waals surface area contributed by atoms with E-state index >= 15 is 0 Å². The fourth-order valence-electron chi connectivity index (χ4n) is 1.26. The van der Waals surface area contributed by atoms with Gasteiger partial charge < -0.3 is 21.1 Å². The van der Waals surface area contributed by atoms with Gasteiger partial charge in [-0.1, -0.05) is 20.8 Å². The first-order valence-electron chi connectivity index (χ1n) is 5.57. The maximum atomic E-state index is 11.4. The Labute approximate surface area is 102 Å². The Hall–Kier alpha value is -1.14. The van der Waals surface area contributed by atoms with Crippen LogP contribution in [-0.4, -0.2) is 44.7 Å². The molecule has 6 nitrogen and oxygen atoms in total. The van der Waals surface area contributed by atoms with Crippen molar-refractivity contribution in [2.24, 2.45) is 11.1 Å². The molecule has 1 unspecified atom stereocenters. The number of nitrogens with two attached hydrogens (primary N) is 1. The zero-order valence-corrected chi connectivity index (χ0v) is 11.0. The molecule has 0 aliphatic carbocycles. The second kappa shape index (κ2) is 7.24. The van der Waals surface area contributed by atoms with E-state index in [0.717, 1.165) is 0 Å². The Kier molecular flexibility index (Phi) is 6.75. The van der Waals surface area contributed by atoms with Gasteiger partial charge in [0, 0.05) is 13.7 Å². The summed E-state index contributed by atoms with van der Waals surface area (Å²) in [7, 11) is 1.61. The van der Waals surface area contributed by atoms with Crippen LogP contribution in [0.2, 0.25) is 0 Å². The van der Waals surface area contributed by atoms with Crippen LogP contribution in [-0.2, 0) is 14.3 Å². The average molecular weight is 245 g/mol. The lowest BCUT2D eigenvalue weighted by Crippen LogP contribution is -2.44. The molecule has 0 saturated carbocycles. The van der Waals surface area contributed by atoms with E-state index < -0.39 is 0 Å². The fourth-order valence-corrected chi connectivity index (χ4v) is 1.26. The van der Waals surface area contributed by atoms with Gasteiger partial charge in [0.2, 0.25) is 11.8 Å². The molecule has 0 aromatic rings. The van der Waals surface area contributed by atoms with Gasteiger partial charge in [-0.15, -0.1) is 0 Å². The van der Waals surface area contributed by atoms with Gasteiger partial charge >= 0.3 is 0 Å². The third-order valence-electron chi connectivity index (χ3n) is 2.37. The highest BCUT2D eigenvalue weighted by Gasteiger charge is 2.24. The molecule has 0 heterocycles. The van der Waals surface area contributed by atoms with Crippen LogP contribution in [0.25, 0.3) is 0 Å². The second-order valence-electron chi connectivity index (χ2n) is 4.88. The minimum Gasteiger partial charge on any atom is -0.379 e. The molecular weight excluding hydrogens is 222 g/mol. The van der Waals surface area contributed by atoms with E-state index in [0.29, 0.717) is 6.54 Å². The summed E-state index contributed by atoms with van der Waals surface area (Å²) in [6.45, 7) is 6.33. The maximum absolute atomic E-state index is 11.4. The lowest BCUT2D eigenvalue weighted by atomic mass is 9.89. The Morgan fingerprint density at radius 3 is 2.24 bits per heavy atom. The molecule has 0 aromatic heterocycles. The summed E-state index contributed by atoms with van der Waals surface area (Å²) in [5, 5.41) is 5.10. The molecule has 0 aliphatic rings. The van der Waals surface area contributed by atoms with Crippen LogP contribution in [0.15, 0.2) is 0 Å². The van der Waals surface area contributed by atoms with Crippen LogP contribution in [0.4, 0.5) is 0 Å². The van der Waals surface area contributed by atoms with Gasteiger partial charge in [0.15, 0.2) is 0 Å². The second-order valence-corrected chi connectivity index (χ2v) is 4.88. The predicted octanol–water partition coefficient (Wildman–Crippen LogP) is -0.761. The first-order chi connectivity index (χ1) is 7.81. The van der Waals surface area contributed by atoms with Crippen molar-refractivity contribution in [2.45, 2.75) is 26.9 Å². The van der Waals surface area contributed by atoms with Crippen LogP contribution < -0.4 is 16.4 Å². The Morgan fingerprint density at radius 1 is 1.24 bits per heavy atom. The van der Waals surface area contributed by atoms with Crippen molar-refractivity contribution < 1.29 is 14.3 Å². The van der Waals surface area contributed by atoms with Gasteiger partial charge in [0.25, 0.3) is 0 Å². The van der Waals surface area contributed by atoms with E-state index in [-0.39, 0.29) is 36.4 Å². The Bertz CT molecular complexity index is 261. The third-order valence-corrected chi connectivity index (χ3v) is 2.37. The van der Waals surface area contributed by atoms with Gasteiger partial charge in [-0.3, -0.25) is 9.59 Å². The molecule has 6 heteroatoms. The molecule has 4 N–H and O–H groups in total. The van der Waals surface area contributed by atoms with Gasteiger partial charge in [-0.2, -0.15) is 0 Å². The first-order valence-corrected chi connectivity index (χ1v) is 5.57. The van der Waals surface area contributed by atoms with E-state index in [1.807, 2.05) is 20.8 Å². The number of carbonyl (C=O) groups excluding carboxylic acids is 2. The van der Waals surface area contributed by atoms with Crippen LogP contribution in [0.5, 0.6) is 0 Å². The Morgan fingerprint density at radius 2 is 1.82 bits per heavy atom. The van der Waals surface area contributed by atoms with Crippen molar-refractivity contribution >= 4 is 11.8 Å². The molecule has 1 atom stereocenters. The number of methoxy groups -OCH3 is 1. The number of hydrogen-bond acceptors (Lipinski definition) is 4. The summed E-state index contributed by atoms with van der Waals surface area (Å²) in [5.41, 5.74) is 5.04. The van der Waals surface area contributed by atoms with Crippen molar-refractivity contribution in [3.63, 3.8) is 0 Å². The van der Waals surface area contributed by atoms with Crippen molar-refractivity contribution in [1.82, 2.24) is 10.6 Å². The van der Waals surface area contributed by atoms with Crippen molar-refractivity contribution in [2.75, 3.05) is 26.7 Å². The minimum atomic E-state index is -0.348. The van der Waals surface area contributed by atoms with E-state index in [4.69, 9.17) is 10.5 Å². The molecule has 100 valence electrons. The number of amides is 2. The van der Waals surface area contributed by atoms with Gasteiger partial charge in [-0.25, -0.2) is 0 Å². The van der Waals surface area contributed by atoms with E-state index in [9.17, 15) is 9.59 Å². The summed E-state index contributed by atoms with van der Waals surface area (Å²) in [6, 6.07) is 0. The predicted molar refractivity (Wildman–Crippen MR) is 65.3 cm³/mol. The van der Waals surface area contributed by atoms with Crippen molar-refractivity contribution in [1.29, 1.82) is 0 Å². The smallest absolute Gasteiger partial charge is 0.239 e. The zero-order valence-electron chi connectivity index (χ0n) is 11.0. The lowest BCUT2D eigenvalue weighted by Gasteiger charge is -2.29. The number of nitrogens with one attached hydrogen (secondary N) is 2. The highest BCUT2D eigenvalue weighted by atomic mass is 16.5. The molecular formula is C11H23N3O3. The highest BCUT2D eigenvalue weighted by Crippen LogP contribution is 2.20. The molecule has 0 saturated heterocycles. The van der Waals surface area contributed by atoms with Crippen molar-refractivity contribution in [3.05, 3.63) is 0 Å². The summed E-state index contributed by atoms with van der Waals surface area (Å²) in [5.74, 6) is -0.600. The normalized spacial score (nSPS) is 13.0. The monoisotopic (exact) mass is 245 g/mol. The molecule has 17 heavy (non-hydrogen) atoms. The van der Waals surface area contributed by atoms with Crippen LogP contribution >= 0.6 is 0 Å². The number of carbonyl (C=O) groups is 2. The quantitative estimate of drug-likeness (QED) is 0.573. The summed E-state index contributed by atoms with van der Waals surface area (Å²) in [4.78, 5) is 22.2. The molecule has 0 radical (unpaired) electrons. The molecule has 0 aliphatic heterocycles. The molecule has 0 bridgehead atoms. The van der Waals surface area contributed by atoms with Crippen molar-refractivity contribution in [3.8, 4) is 0 Å². The largest absolute Gasteiger partial charge is 0.379 e. The highest BCUT2D eigenvalue weighted by molar-refractivity contribution is 5.85. The van der Waals surface area contributed by atoms with E-state index in [2.05, 4.69) is 10.6 Å². The molecule has 0 spiro atoms. The van der Waals surface area contributed by atoms with E-state index in [1.165, 1.54) is 0 Å². The Balaban J connectivity index is 3.94. The number of rotatable bonds is 6. The fraction of sp³-hybridized carbons (Fsp3) is 0.818. The maximum Gasteiger partial charge on any atom is 0.239 e. The third kappa shape index (κ3) is 6.91. The summed E-state index contributed by atoms with van der Waals surface area (Å²) >= 11 is 0. The van der Waals surface area contributed by atoms with Gasteiger partial charge in [0.1, 0.15) is 0 Å². The van der Waals surface area contributed by atoms with Gasteiger partial charge in [-0.05, 0) is 5.41 Å². The standard InChI is InChI=1S/C11H23N3O3/c1-11(2,3)8(17-4)6-13-10(16)7-14-9(15)5-12/h8H,5-7,12H2,1-4H3,(H,13,16)(H,14,15). The number of ether oxygens (including phenoxy) is 1. The molecule has 0 aromatic carbocycles. The zero-order chi connectivity index (χ0) is 13.5. The minimum absolute atomic E-state index is 0.0530. The van der Waals surface area contributed by atoms with E-state index in [1.54, 1.807) is 7.11 Å². The summed E-state index contributed by atoms with van der Waals surface area (Å²) < 4.78 is 5.29. The average Bonchev–Trinajstić information content (AvgIpc) is 2.24. The molecule has 0 fully saturated rings. The van der Waals surface area contributed by atoms with Crippen LogP contribution in [0.3, 0.4) is 0 Å². The number of hydrogen-bond donors (Lipinski definition) is 3.